The molecule has 0 aliphatic heterocycles. The van der Waals surface area contributed by atoms with E-state index in [9.17, 15) is 19.5 Å². The molecule has 7 heteroatoms. The van der Waals surface area contributed by atoms with Crippen LogP contribution in [0.4, 0.5) is 0 Å². The first kappa shape index (κ1) is 28.9. The van der Waals surface area contributed by atoms with Crippen LogP contribution in [0.1, 0.15) is 85.0 Å². The van der Waals surface area contributed by atoms with Gasteiger partial charge in [-0.3, -0.25) is 14.4 Å². The fourth-order valence-corrected chi connectivity index (χ4v) is 4.03. The first-order chi connectivity index (χ1) is 15.6. The van der Waals surface area contributed by atoms with E-state index in [4.69, 9.17) is 4.74 Å². The standard InChI is InChI=1S/C26H44N2O5/c1-6-8-9-10-14-23(31)33-18-21(25(3,4)5)27-24(32)20(13-7-2)17-22(30)28-26(19-29)15-11-12-16-26/h6-7,20-21,29H,1-2,8-19H2,3-5H3,(H,27,32)(H,28,30)/t20-,21-/m1/s1. The zero-order valence-corrected chi connectivity index (χ0v) is 20.8. The molecule has 33 heavy (non-hydrogen) atoms. The molecule has 1 rings (SSSR count). The van der Waals surface area contributed by atoms with E-state index in [1.165, 1.54) is 0 Å². The summed E-state index contributed by atoms with van der Waals surface area (Å²) in [6.45, 7) is 13.3. The number of unbranched alkanes of at least 4 members (excludes halogenated alkanes) is 2. The summed E-state index contributed by atoms with van der Waals surface area (Å²) in [5.41, 5.74) is -0.912. The molecule has 1 fully saturated rings. The van der Waals surface area contributed by atoms with Crippen LogP contribution in [0.15, 0.2) is 25.3 Å². The maximum absolute atomic E-state index is 13.1. The van der Waals surface area contributed by atoms with E-state index in [2.05, 4.69) is 23.8 Å². The van der Waals surface area contributed by atoms with E-state index >= 15 is 0 Å². The van der Waals surface area contributed by atoms with Crippen LogP contribution >= 0.6 is 0 Å². The van der Waals surface area contributed by atoms with Crippen molar-refractivity contribution in [1.82, 2.24) is 10.6 Å². The molecule has 0 radical (unpaired) electrons. The maximum Gasteiger partial charge on any atom is 0.305 e. The molecule has 0 saturated heterocycles. The van der Waals surface area contributed by atoms with Crippen LogP contribution in [0.5, 0.6) is 0 Å². The lowest BCUT2D eigenvalue weighted by molar-refractivity contribution is -0.146. The predicted molar refractivity (Wildman–Crippen MR) is 130 cm³/mol. The quantitative estimate of drug-likeness (QED) is 0.194. The van der Waals surface area contributed by atoms with Gasteiger partial charge in [-0.25, -0.2) is 0 Å². The van der Waals surface area contributed by atoms with Crippen molar-refractivity contribution in [3.63, 3.8) is 0 Å². The molecule has 0 heterocycles. The Morgan fingerprint density at radius 2 is 1.79 bits per heavy atom. The van der Waals surface area contributed by atoms with Gasteiger partial charge in [-0.05, 0) is 43.9 Å². The molecule has 2 amide bonds. The van der Waals surface area contributed by atoms with E-state index in [-0.39, 0.29) is 42.8 Å². The van der Waals surface area contributed by atoms with Gasteiger partial charge in [-0.15, -0.1) is 13.2 Å². The van der Waals surface area contributed by atoms with Gasteiger partial charge < -0.3 is 20.5 Å². The summed E-state index contributed by atoms with van der Waals surface area (Å²) in [4.78, 5) is 37.8. The third-order valence-corrected chi connectivity index (χ3v) is 6.33. The minimum absolute atomic E-state index is 0.0134. The molecule has 0 bridgehead atoms. The zero-order valence-electron chi connectivity index (χ0n) is 20.8. The number of aliphatic hydroxyl groups is 1. The molecule has 0 aromatic rings. The fourth-order valence-electron chi connectivity index (χ4n) is 4.03. The number of hydrogen-bond donors (Lipinski definition) is 3. The lowest BCUT2D eigenvalue weighted by atomic mass is 9.86. The third kappa shape index (κ3) is 10.5. The van der Waals surface area contributed by atoms with Crippen molar-refractivity contribution in [3.8, 4) is 0 Å². The van der Waals surface area contributed by atoms with E-state index < -0.39 is 17.5 Å². The number of carbonyl (C=O) groups is 3. The lowest BCUT2D eigenvalue weighted by Crippen LogP contribution is -2.51. The summed E-state index contributed by atoms with van der Waals surface area (Å²) in [6, 6.07) is -0.392. The van der Waals surface area contributed by atoms with Gasteiger partial charge in [0.2, 0.25) is 11.8 Å². The van der Waals surface area contributed by atoms with Gasteiger partial charge in [0.05, 0.1) is 24.1 Å². The number of carbonyl (C=O) groups excluding carboxylic acids is 3. The largest absolute Gasteiger partial charge is 0.463 e. The average molecular weight is 465 g/mol. The van der Waals surface area contributed by atoms with Gasteiger partial charge in [0.1, 0.15) is 6.61 Å². The van der Waals surface area contributed by atoms with Crippen molar-refractivity contribution in [2.75, 3.05) is 13.2 Å². The normalized spacial score (nSPS) is 17.0. The van der Waals surface area contributed by atoms with E-state index in [0.717, 1.165) is 44.9 Å². The topological polar surface area (TPSA) is 105 Å². The number of amides is 2. The molecule has 188 valence electrons. The Morgan fingerprint density at radius 3 is 2.33 bits per heavy atom. The minimum atomic E-state index is -0.584. The molecule has 0 unspecified atom stereocenters. The molecule has 0 aromatic carbocycles. The van der Waals surface area contributed by atoms with Gasteiger partial charge >= 0.3 is 5.97 Å². The van der Waals surface area contributed by atoms with Crippen LogP contribution in [0.2, 0.25) is 0 Å². The zero-order chi connectivity index (χ0) is 24.9. The van der Waals surface area contributed by atoms with Crippen LogP contribution in [0, 0.1) is 11.3 Å². The molecule has 0 aromatic heterocycles. The number of aliphatic hydroxyl groups excluding tert-OH is 1. The van der Waals surface area contributed by atoms with Crippen molar-refractivity contribution < 1.29 is 24.2 Å². The third-order valence-electron chi connectivity index (χ3n) is 6.33. The number of esters is 1. The molecule has 3 N–H and O–H groups in total. The Labute approximate surface area is 199 Å². The maximum atomic E-state index is 13.1. The van der Waals surface area contributed by atoms with Crippen molar-refractivity contribution in [2.45, 2.75) is 96.6 Å². The predicted octanol–water partition coefficient (Wildman–Crippen LogP) is 3.81. The Morgan fingerprint density at radius 1 is 1.12 bits per heavy atom. The summed E-state index contributed by atoms with van der Waals surface area (Å²) in [7, 11) is 0. The van der Waals surface area contributed by atoms with Gasteiger partial charge in [0.25, 0.3) is 0 Å². The number of nitrogens with one attached hydrogen (secondary N) is 2. The average Bonchev–Trinajstić information content (AvgIpc) is 3.21. The molecule has 7 nitrogen and oxygen atoms in total. The van der Waals surface area contributed by atoms with Crippen molar-refractivity contribution >= 4 is 17.8 Å². The first-order valence-corrected chi connectivity index (χ1v) is 12.2. The van der Waals surface area contributed by atoms with Gasteiger partial charge in [-0.1, -0.05) is 45.8 Å². The highest BCUT2D eigenvalue weighted by Crippen LogP contribution is 2.29. The second-order valence-corrected chi connectivity index (χ2v) is 10.3. The van der Waals surface area contributed by atoms with Crippen LogP contribution in [0.25, 0.3) is 0 Å². The first-order valence-electron chi connectivity index (χ1n) is 12.2. The Balaban J connectivity index is 2.69. The summed E-state index contributed by atoms with van der Waals surface area (Å²) in [6.07, 6.45) is 10.1. The fraction of sp³-hybridized carbons (Fsp3) is 0.731. The summed E-state index contributed by atoms with van der Waals surface area (Å²) >= 11 is 0. The molecular weight excluding hydrogens is 420 g/mol. The van der Waals surface area contributed by atoms with Gasteiger partial charge in [-0.2, -0.15) is 0 Å². The van der Waals surface area contributed by atoms with Gasteiger partial charge in [0.15, 0.2) is 0 Å². The van der Waals surface area contributed by atoms with Crippen LogP contribution in [-0.4, -0.2) is 47.7 Å². The summed E-state index contributed by atoms with van der Waals surface area (Å²) in [5.74, 6) is -1.38. The molecule has 2 atom stereocenters. The molecule has 1 saturated carbocycles. The van der Waals surface area contributed by atoms with Crippen LogP contribution in [0.3, 0.4) is 0 Å². The molecule has 1 aliphatic carbocycles. The van der Waals surface area contributed by atoms with Crippen molar-refractivity contribution in [1.29, 1.82) is 0 Å². The van der Waals surface area contributed by atoms with Crippen molar-refractivity contribution in [2.24, 2.45) is 11.3 Å². The molecule has 0 spiro atoms. The highest BCUT2D eigenvalue weighted by molar-refractivity contribution is 5.86. The van der Waals surface area contributed by atoms with E-state index in [1.807, 2.05) is 26.8 Å². The summed E-state index contributed by atoms with van der Waals surface area (Å²) in [5, 5.41) is 15.7. The van der Waals surface area contributed by atoms with Crippen molar-refractivity contribution in [3.05, 3.63) is 25.3 Å². The smallest absolute Gasteiger partial charge is 0.305 e. The number of rotatable bonds is 15. The van der Waals surface area contributed by atoms with E-state index in [0.29, 0.717) is 12.8 Å². The van der Waals surface area contributed by atoms with Gasteiger partial charge in [0, 0.05) is 12.8 Å². The number of ether oxygens (including phenoxy) is 1. The highest BCUT2D eigenvalue weighted by atomic mass is 16.5. The number of hydrogen-bond acceptors (Lipinski definition) is 5. The number of allylic oxidation sites excluding steroid dienone is 2. The van der Waals surface area contributed by atoms with E-state index in [1.54, 1.807) is 6.08 Å². The SMILES string of the molecule is C=CCCCCC(=O)OC[C@@H](NC(=O)[C@H](CC=C)CC(=O)NC1(CO)CCCC1)C(C)(C)C. The Kier molecular flexibility index (Phi) is 12.4. The minimum Gasteiger partial charge on any atom is -0.463 e. The van der Waals surface area contributed by atoms with Crippen LogP contribution in [-0.2, 0) is 19.1 Å². The second-order valence-electron chi connectivity index (χ2n) is 10.3. The monoisotopic (exact) mass is 464 g/mol. The Hall–Kier alpha value is -2.15. The molecular formula is C26H44N2O5. The van der Waals surface area contributed by atoms with Crippen LogP contribution < -0.4 is 10.6 Å². The second kappa shape index (κ2) is 14.2. The Bertz CT molecular complexity index is 662. The summed E-state index contributed by atoms with van der Waals surface area (Å²) < 4.78 is 5.44. The lowest BCUT2D eigenvalue weighted by Gasteiger charge is -2.32. The highest BCUT2D eigenvalue weighted by Gasteiger charge is 2.36. The molecule has 1 aliphatic rings.